The summed E-state index contributed by atoms with van der Waals surface area (Å²) < 4.78 is 0.986. The molecule has 108 valence electrons. The predicted molar refractivity (Wildman–Crippen MR) is 85.0 cm³/mol. The van der Waals surface area contributed by atoms with Crippen LogP contribution >= 0.6 is 27.7 Å². The number of rotatable bonds is 2. The Labute approximate surface area is 131 Å². The van der Waals surface area contributed by atoms with Gasteiger partial charge in [-0.3, -0.25) is 10.1 Å². The van der Waals surface area contributed by atoms with Gasteiger partial charge < -0.3 is 9.80 Å². The molecule has 2 aliphatic rings. The molecular weight excluding hydrogens is 340 g/mol. The molecular formula is C13H17BrN4OS. The zero-order valence-electron chi connectivity index (χ0n) is 11.1. The molecule has 3 heterocycles. The average molecular weight is 357 g/mol. The Balaban J connectivity index is 1.56. The summed E-state index contributed by atoms with van der Waals surface area (Å²) in [6, 6.07) is 4.02. The lowest BCUT2D eigenvalue weighted by Crippen LogP contribution is -2.53. The molecule has 1 aromatic rings. The van der Waals surface area contributed by atoms with E-state index in [-0.39, 0.29) is 11.9 Å². The monoisotopic (exact) mass is 356 g/mol. The molecule has 0 bridgehead atoms. The van der Waals surface area contributed by atoms with E-state index in [2.05, 4.69) is 31.1 Å². The number of halogens is 1. The molecule has 1 unspecified atom stereocenters. The highest BCUT2D eigenvalue weighted by Gasteiger charge is 2.29. The van der Waals surface area contributed by atoms with Crippen molar-refractivity contribution in [2.75, 3.05) is 42.7 Å². The number of hydrogen-bond acceptors (Lipinski definition) is 5. The highest BCUT2D eigenvalue weighted by Crippen LogP contribution is 2.18. The van der Waals surface area contributed by atoms with Gasteiger partial charge in [0.2, 0.25) is 5.91 Å². The van der Waals surface area contributed by atoms with Crippen molar-refractivity contribution in [2.24, 2.45) is 0 Å². The van der Waals surface area contributed by atoms with Crippen molar-refractivity contribution in [3.05, 3.63) is 22.8 Å². The minimum atomic E-state index is 0.0114. The quantitative estimate of drug-likeness (QED) is 0.861. The Morgan fingerprint density at radius 3 is 2.75 bits per heavy atom. The summed E-state index contributed by atoms with van der Waals surface area (Å²) in [7, 11) is 0. The van der Waals surface area contributed by atoms with Crippen molar-refractivity contribution in [2.45, 2.75) is 6.04 Å². The van der Waals surface area contributed by atoms with Crippen LogP contribution in [-0.2, 0) is 4.79 Å². The van der Waals surface area contributed by atoms with Crippen molar-refractivity contribution < 1.29 is 4.79 Å². The molecule has 0 spiro atoms. The van der Waals surface area contributed by atoms with Crippen molar-refractivity contribution >= 4 is 39.4 Å². The second-order valence-electron chi connectivity index (χ2n) is 4.92. The Morgan fingerprint density at radius 1 is 1.35 bits per heavy atom. The normalized spacial score (nSPS) is 23.1. The van der Waals surface area contributed by atoms with E-state index >= 15 is 0 Å². The number of anilines is 1. The van der Waals surface area contributed by atoms with Gasteiger partial charge in [-0.1, -0.05) is 0 Å². The fourth-order valence-electron chi connectivity index (χ4n) is 2.49. The lowest BCUT2D eigenvalue weighted by molar-refractivity contribution is -0.132. The largest absolute Gasteiger partial charge is 0.353 e. The number of piperazine rings is 1. The van der Waals surface area contributed by atoms with E-state index in [0.717, 1.165) is 48.1 Å². The SMILES string of the molecule is O=C(C1CSCN1)N1CCN(c2ccc(Br)cn2)CC1. The number of thioether (sulfide) groups is 1. The summed E-state index contributed by atoms with van der Waals surface area (Å²) in [5.74, 6) is 3.01. The maximum absolute atomic E-state index is 12.3. The van der Waals surface area contributed by atoms with Crippen LogP contribution in [0, 0.1) is 0 Å². The first-order valence-corrected chi connectivity index (χ1v) is 8.65. The van der Waals surface area contributed by atoms with Crippen LogP contribution in [0.1, 0.15) is 0 Å². The van der Waals surface area contributed by atoms with Gasteiger partial charge in [-0.25, -0.2) is 4.98 Å². The molecule has 2 aliphatic heterocycles. The van der Waals surface area contributed by atoms with Crippen LogP contribution in [0.15, 0.2) is 22.8 Å². The summed E-state index contributed by atoms with van der Waals surface area (Å²) in [5.41, 5.74) is 0. The first-order valence-electron chi connectivity index (χ1n) is 6.70. The summed E-state index contributed by atoms with van der Waals surface area (Å²) in [6.45, 7) is 3.25. The van der Waals surface area contributed by atoms with Gasteiger partial charge in [0.15, 0.2) is 0 Å². The first kappa shape index (κ1) is 14.2. The van der Waals surface area contributed by atoms with Crippen molar-refractivity contribution in [3.63, 3.8) is 0 Å². The van der Waals surface area contributed by atoms with Gasteiger partial charge in [0.1, 0.15) is 5.82 Å². The van der Waals surface area contributed by atoms with Crippen molar-refractivity contribution in [1.29, 1.82) is 0 Å². The number of carbonyl (C=O) groups is 1. The van der Waals surface area contributed by atoms with E-state index in [1.54, 1.807) is 11.8 Å². The molecule has 0 aromatic carbocycles. The summed E-state index contributed by atoms with van der Waals surface area (Å²) >= 11 is 5.18. The molecule has 3 rings (SSSR count). The lowest BCUT2D eigenvalue weighted by Gasteiger charge is -2.36. The number of aromatic nitrogens is 1. The van der Waals surface area contributed by atoms with Crippen LogP contribution in [0.2, 0.25) is 0 Å². The number of carbonyl (C=O) groups excluding carboxylic acids is 1. The third kappa shape index (κ3) is 3.10. The van der Waals surface area contributed by atoms with E-state index in [9.17, 15) is 4.79 Å². The zero-order chi connectivity index (χ0) is 13.9. The van der Waals surface area contributed by atoms with Gasteiger partial charge >= 0.3 is 0 Å². The molecule has 20 heavy (non-hydrogen) atoms. The van der Waals surface area contributed by atoms with Gasteiger partial charge in [0, 0.05) is 48.5 Å². The molecule has 0 radical (unpaired) electrons. The highest BCUT2D eigenvalue weighted by atomic mass is 79.9. The standard InChI is InChI=1S/C13H17BrN4OS/c14-10-1-2-12(15-7-10)17-3-5-18(6-4-17)13(19)11-8-20-9-16-11/h1-2,7,11,16H,3-6,8-9H2. The maximum atomic E-state index is 12.3. The van der Waals surface area contributed by atoms with Gasteiger partial charge in [-0.05, 0) is 28.1 Å². The fourth-order valence-corrected chi connectivity index (χ4v) is 3.65. The van der Waals surface area contributed by atoms with Crippen molar-refractivity contribution in [3.8, 4) is 0 Å². The Bertz CT molecular complexity index is 470. The maximum Gasteiger partial charge on any atom is 0.240 e. The number of amides is 1. The molecule has 2 fully saturated rings. The number of nitrogens with zero attached hydrogens (tertiary/aromatic N) is 3. The molecule has 1 atom stereocenters. The van der Waals surface area contributed by atoms with E-state index in [1.165, 1.54) is 0 Å². The third-order valence-corrected chi connectivity index (χ3v) is 5.05. The fraction of sp³-hybridized carbons (Fsp3) is 0.538. The van der Waals surface area contributed by atoms with E-state index < -0.39 is 0 Å². The van der Waals surface area contributed by atoms with E-state index in [1.807, 2.05) is 23.2 Å². The molecule has 7 heteroatoms. The number of nitrogens with one attached hydrogen (secondary N) is 1. The number of hydrogen-bond donors (Lipinski definition) is 1. The van der Waals surface area contributed by atoms with Gasteiger partial charge in [-0.2, -0.15) is 0 Å². The van der Waals surface area contributed by atoms with Crippen molar-refractivity contribution in [1.82, 2.24) is 15.2 Å². The highest BCUT2D eigenvalue weighted by molar-refractivity contribution is 9.10. The second-order valence-corrected chi connectivity index (χ2v) is 6.86. The predicted octanol–water partition coefficient (Wildman–Crippen LogP) is 1.16. The smallest absolute Gasteiger partial charge is 0.240 e. The average Bonchev–Trinajstić information content (AvgIpc) is 3.02. The molecule has 1 amide bonds. The molecule has 1 aromatic heterocycles. The van der Waals surface area contributed by atoms with Crippen LogP contribution < -0.4 is 10.2 Å². The van der Waals surface area contributed by atoms with E-state index in [0.29, 0.717) is 0 Å². The van der Waals surface area contributed by atoms with Crippen LogP contribution in [0.5, 0.6) is 0 Å². The first-order chi connectivity index (χ1) is 9.74. The summed E-state index contributed by atoms with van der Waals surface area (Å²) in [5, 5.41) is 3.24. The van der Waals surface area contributed by atoms with Gasteiger partial charge in [-0.15, -0.1) is 11.8 Å². The van der Waals surface area contributed by atoms with Gasteiger partial charge in [0.25, 0.3) is 0 Å². The van der Waals surface area contributed by atoms with Crippen LogP contribution in [0.25, 0.3) is 0 Å². The molecule has 2 saturated heterocycles. The topological polar surface area (TPSA) is 48.5 Å². The zero-order valence-corrected chi connectivity index (χ0v) is 13.5. The van der Waals surface area contributed by atoms with E-state index in [4.69, 9.17) is 0 Å². The minimum absolute atomic E-state index is 0.0114. The molecule has 5 nitrogen and oxygen atoms in total. The van der Waals surface area contributed by atoms with Crippen LogP contribution in [-0.4, -0.2) is 59.6 Å². The molecule has 1 N–H and O–H groups in total. The Hall–Kier alpha value is -0.790. The second kappa shape index (κ2) is 6.32. The summed E-state index contributed by atoms with van der Waals surface area (Å²) in [6.07, 6.45) is 1.81. The van der Waals surface area contributed by atoms with Gasteiger partial charge in [0.05, 0.1) is 6.04 Å². The minimum Gasteiger partial charge on any atom is -0.353 e. The summed E-state index contributed by atoms with van der Waals surface area (Å²) in [4.78, 5) is 20.9. The van der Waals surface area contributed by atoms with Crippen LogP contribution in [0.4, 0.5) is 5.82 Å². The third-order valence-electron chi connectivity index (χ3n) is 3.64. The van der Waals surface area contributed by atoms with Crippen LogP contribution in [0.3, 0.4) is 0 Å². The number of pyridine rings is 1. The molecule has 0 saturated carbocycles. The Kier molecular flexibility index (Phi) is 4.48. The lowest BCUT2D eigenvalue weighted by atomic mass is 10.2. The molecule has 0 aliphatic carbocycles. The Morgan fingerprint density at radius 2 is 2.15 bits per heavy atom.